The maximum absolute atomic E-state index is 11.9. The van der Waals surface area contributed by atoms with Crippen molar-refractivity contribution in [3.8, 4) is 0 Å². The van der Waals surface area contributed by atoms with Gasteiger partial charge in [0.1, 0.15) is 0 Å². The minimum atomic E-state index is -0.209. The second-order valence-electron chi connectivity index (χ2n) is 5.91. The van der Waals surface area contributed by atoms with E-state index in [1.807, 2.05) is 30.3 Å². The van der Waals surface area contributed by atoms with E-state index in [0.717, 1.165) is 31.2 Å². The summed E-state index contributed by atoms with van der Waals surface area (Å²) in [6, 6.07) is 9.65. The number of aliphatic hydroxyl groups is 1. The van der Waals surface area contributed by atoms with E-state index in [4.69, 9.17) is 4.74 Å². The molecule has 0 spiro atoms. The van der Waals surface area contributed by atoms with Crippen molar-refractivity contribution in [2.75, 3.05) is 20.2 Å². The Labute approximate surface area is 132 Å². The average molecular weight is 306 g/mol. The number of carbonyl (C=O) groups is 1. The lowest BCUT2D eigenvalue weighted by Crippen LogP contribution is -2.41. The van der Waals surface area contributed by atoms with Crippen LogP contribution in [0.3, 0.4) is 0 Å². The van der Waals surface area contributed by atoms with Gasteiger partial charge in [-0.3, -0.25) is 0 Å². The Kier molecular flexibility index (Phi) is 6.68. The second kappa shape index (κ2) is 8.76. The fraction of sp³-hybridized carbons (Fsp3) is 0.588. The van der Waals surface area contributed by atoms with Crippen LogP contribution in [0.15, 0.2) is 30.3 Å². The fourth-order valence-corrected chi connectivity index (χ4v) is 2.94. The van der Waals surface area contributed by atoms with E-state index in [2.05, 4.69) is 10.6 Å². The van der Waals surface area contributed by atoms with Crippen LogP contribution in [0.2, 0.25) is 0 Å². The number of benzene rings is 1. The maximum Gasteiger partial charge on any atom is 0.314 e. The number of carbonyl (C=O) groups excluding carboxylic acids is 1. The highest BCUT2D eigenvalue weighted by Gasteiger charge is 2.20. The summed E-state index contributed by atoms with van der Waals surface area (Å²) >= 11 is 0. The van der Waals surface area contributed by atoms with E-state index in [9.17, 15) is 9.90 Å². The number of nitrogens with one attached hydrogen (secondary N) is 2. The van der Waals surface area contributed by atoms with Crippen LogP contribution in [0, 0.1) is 5.92 Å². The summed E-state index contributed by atoms with van der Waals surface area (Å²) in [6.45, 7) is 1.05. The summed E-state index contributed by atoms with van der Waals surface area (Å²) in [5, 5.41) is 15.4. The van der Waals surface area contributed by atoms with Crippen LogP contribution in [-0.4, -0.2) is 37.4 Å². The van der Waals surface area contributed by atoms with Gasteiger partial charge in [-0.05, 0) is 30.7 Å². The molecule has 0 bridgehead atoms. The third kappa shape index (κ3) is 5.31. The minimum Gasteiger partial charge on any atom is -0.393 e. The fourth-order valence-electron chi connectivity index (χ4n) is 2.94. The van der Waals surface area contributed by atoms with Gasteiger partial charge in [-0.15, -0.1) is 0 Å². The second-order valence-corrected chi connectivity index (χ2v) is 5.91. The molecule has 3 unspecified atom stereocenters. The summed E-state index contributed by atoms with van der Waals surface area (Å²) in [4.78, 5) is 11.9. The van der Waals surface area contributed by atoms with Crippen molar-refractivity contribution < 1.29 is 14.6 Å². The van der Waals surface area contributed by atoms with Crippen LogP contribution in [0.5, 0.6) is 0 Å². The number of hydrogen-bond donors (Lipinski definition) is 3. The third-order valence-corrected chi connectivity index (χ3v) is 4.21. The molecule has 122 valence electrons. The Morgan fingerprint density at radius 1 is 1.32 bits per heavy atom. The molecule has 1 aliphatic carbocycles. The SMILES string of the molecule is COC(CNC(=O)NCC1CCCC(O)C1)c1ccccc1. The van der Waals surface area contributed by atoms with Gasteiger partial charge in [0.15, 0.2) is 0 Å². The van der Waals surface area contributed by atoms with Crippen molar-refractivity contribution in [2.24, 2.45) is 5.92 Å². The highest BCUT2D eigenvalue weighted by molar-refractivity contribution is 5.73. The quantitative estimate of drug-likeness (QED) is 0.755. The van der Waals surface area contributed by atoms with Gasteiger partial charge in [-0.2, -0.15) is 0 Å². The van der Waals surface area contributed by atoms with Gasteiger partial charge in [-0.1, -0.05) is 36.8 Å². The monoisotopic (exact) mass is 306 g/mol. The first-order chi connectivity index (χ1) is 10.7. The van der Waals surface area contributed by atoms with E-state index in [1.165, 1.54) is 0 Å². The molecule has 22 heavy (non-hydrogen) atoms. The molecule has 0 aliphatic heterocycles. The number of methoxy groups -OCH3 is 1. The van der Waals surface area contributed by atoms with E-state index in [0.29, 0.717) is 19.0 Å². The Bertz CT molecular complexity index is 452. The number of amides is 2. The van der Waals surface area contributed by atoms with E-state index < -0.39 is 0 Å². The summed E-state index contributed by atoms with van der Waals surface area (Å²) in [5.41, 5.74) is 1.04. The summed E-state index contributed by atoms with van der Waals surface area (Å²) < 4.78 is 5.42. The molecule has 1 saturated carbocycles. The smallest absolute Gasteiger partial charge is 0.314 e. The number of aliphatic hydroxyl groups excluding tert-OH is 1. The number of ether oxygens (including phenoxy) is 1. The van der Waals surface area contributed by atoms with Crippen LogP contribution >= 0.6 is 0 Å². The molecule has 1 fully saturated rings. The zero-order valence-corrected chi connectivity index (χ0v) is 13.1. The molecule has 2 amide bonds. The van der Waals surface area contributed by atoms with Crippen LogP contribution in [0.25, 0.3) is 0 Å². The summed E-state index contributed by atoms with van der Waals surface area (Å²) in [7, 11) is 1.64. The normalized spacial score (nSPS) is 22.8. The zero-order valence-electron chi connectivity index (χ0n) is 13.1. The Morgan fingerprint density at radius 3 is 2.77 bits per heavy atom. The van der Waals surface area contributed by atoms with Gasteiger partial charge < -0.3 is 20.5 Å². The predicted octanol–water partition coefficient (Wildman–Crippen LogP) is 2.22. The first kappa shape index (κ1) is 16.8. The van der Waals surface area contributed by atoms with Crippen molar-refractivity contribution >= 4 is 6.03 Å². The summed E-state index contributed by atoms with van der Waals surface area (Å²) in [5.74, 6) is 0.377. The first-order valence-electron chi connectivity index (χ1n) is 7.96. The maximum atomic E-state index is 11.9. The number of urea groups is 1. The van der Waals surface area contributed by atoms with E-state index in [-0.39, 0.29) is 18.2 Å². The molecular formula is C17H26N2O3. The molecule has 0 saturated heterocycles. The van der Waals surface area contributed by atoms with Crippen LogP contribution in [0.4, 0.5) is 4.79 Å². The minimum absolute atomic E-state index is 0.150. The van der Waals surface area contributed by atoms with Gasteiger partial charge in [-0.25, -0.2) is 4.79 Å². The molecule has 5 nitrogen and oxygen atoms in total. The molecular weight excluding hydrogens is 280 g/mol. The lowest BCUT2D eigenvalue weighted by Gasteiger charge is -2.26. The van der Waals surface area contributed by atoms with Crippen molar-refractivity contribution in [3.05, 3.63) is 35.9 Å². The van der Waals surface area contributed by atoms with Crippen LogP contribution in [-0.2, 0) is 4.74 Å². The molecule has 0 radical (unpaired) electrons. The van der Waals surface area contributed by atoms with Gasteiger partial charge >= 0.3 is 6.03 Å². The molecule has 0 aromatic heterocycles. The van der Waals surface area contributed by atoms with Gasteiger partial charge in [0.2, 0.25) is 0 Å². The van der Waals surface area contributed by atoms with Gasteiger partial charge in [0, 0.05) is 20.2 Å². The lowest BCUT2D eigenvalue weighted by atomic mass is 9.87. The molecule has 1 aliphatic rings. The Balaban J connectivity index is 1.70. The highest BCUT2D eigenvalue weighted by Crippen LogP contribution is 2.23. The van der Waals surface area contributed by atoms with E-state index >= 15 is 0 Å². The van der Waals surface area contributed by atoms with E-state index in [1.54, 1.807) is 7.11 Å². The molecule has 1 aromatic carbocycles. The van der Waals surface area contributed by atoms with Crippen LogP contribution in [0.1, 0.15) is 37.4 Å². The van der Waals surface area contributed by atoms with Gasteiger partial charge in [0.05, 0.1) is 12.2 Å². The molecule has 0 heterocycles. The van der Waals surface area contributed by atoms with Crippen molar-refractivity contribution in [3.63, 3.8) is 0 Å². The predicted molar refractivity (Wildman–Crippen MR) is 85.6 cm³/mol. The topological polar surface area (TPSA) is 70.6 Å². The average Bonchev–Trinajstić information content (AvgIpc) is 2.54. The molecule has 1 aromatic rings. The van der Waals surface area contributed by atoms with Crippen molar-refractivity contribution in [1.29, 1.82) is 0 Å². The summed E-state index contributed by atoms with van der Waals surface area (Å²) in [6.07, 6.45) is 3.42. The van der Waals surface area contributed by atoms with Crippen molar-refractivity contribution in [1.82, 2.24) is 10.6 Å². The highest BCUT2D eigenvalue weighted by atomic mass is 16.5. The Morgan fingerprint density at radius 2 is 2.09 bits per heavy atom. The molecule has 2 rings (SSSR count). The largest absolute Gasteiger partial charge is 0.393 e. The standard InChI is InChI=1S/C17H26N2O3/c1-22-16(14-7-3-2-4-8-14)12-19-17(21)18-11-13-6-5-9-15(20)10-13/h2-4,7-8,13,15-16,20H,5-6,9-12H2,1H3,(H2,18,19,21). The lowest BCUT2D eigenvalue weighted by molar-refractivity contribution is 0.0991. The van der Waals surface area contributed by atoms with Gasteiger partial charge in [0.25, 0.3) is 0 Å². The molecule has 5 heteroatoms. The number of hydrogen-bond acceptors (Lipinski definition) is 3. The van der Waals surface area contributed by atoms with Crippen molar-refractivity contribution in [2.45, 2.75) is 37.9 Å². The van der Waals surface area contributed by atoms with Crippen LogP contribution < -0.4 is 10.6 Å². The Hall–Kier alpha value is -1.59. The third-order valence-electron chi connectivity index (χ3n) is 4.21. The molecule has 3 atom stereocenters. The first-order valence-corrected chi connectivity index (χ1v) is 7.96. The molecule has 3 N–H and O–H groups in total. The zero-order chi connectivity index (χ0) is 15.8. The number of rotatable bonds is 6.